The van der Waals surface area contributed by atoms with Crippen LogP contribution in [0.25, 0.3) is 0 Å². The fourth-order valence-electron chi connectivity index (χ4n) is 2.75. The maximum absolute atomic E-state index is 13.1. The van der Waals surface area contributed by atoms with E-state index in [2.05, 4.69) is 34.1 Å². The van der Waals surface area contributed by atoms with Gasteiger partial charge in [-0.1, -0.05) is 29.8 Å². The Morgan fingerprint density at radius 3 is 2.15 bits per heavy atom. The number of aromatic nitrogens is 2. The minimum absolute atomic E-state index is 0.105. The van der Waals surface area contributed by atoms with E-state index in [0.717, 1.165) is 22.5 Å². The molecule has 0 radical (unpaired) electrons. The predicted molar refractivity (Wildman–Crippen MR) is 106 cm³/mol. The van der Waals surface area contributed by atoms with E-state index in [-0.39, 0.29) is 5.91 Å². The molecule has 0 aliphatic rings. The van der Waals surface area contributed by atoms with Gasteiger partial charge in [0.15, 0.2) is 0 Å². The normalized spacial score (nSPS) is 10.6. The molecule has 0 saturated carbocycles. The quantitative estimate of drug-likeness (QED) is 0.707. The number of amides is 1. The molecule has 26 heavy (non-hydrogen) atoms. The third-order valence-electron chi connectivity index (χ3n) is 4.31. The average molecular weight is 348 g/mol. The van der Waals surface area contributed by atoms with E-state index >= 15 is 0 Å². The molecule has 3 aromatic rings. The summed E-state index contributed by atoms with van der Waals surface area (Å²) in [7, 11) is 5.89. The number of nitrogens with zero attached hydrogens (tertiary/aromatic N) is 4. The fraction of sp³-hybridized carbons (Fsp3) is 0.238. The molecule has 1 aromatic heterocycles. The number of anilines is 2. The molecule has 1 amide bonds. The van der Waals surface area contributed by atoms with Crippen molar-refractivity contribution in [2.24, 2.45) is 7.05 Å². The van der Waals surface area contributed by atoms with E-state index in [9.17, 15) is 4.79 Å². The van der Waals surface area contributed by atoms with Crippen LogP contribution in [0.1, 0.15) is 21.6 Å². The van der Waals surface area contributed by atoms with Crippen LogP contribution in [0.4, 0.5) is 11.4 Å². The number of hydrogen-bond acceptors (Lipinski definition) is 3. The summed E-state index contributed by atoms with van der Waals surface area (Å²) < 4.78 is 1.78. The minimum atomic E-state index is -0.105. The molecule has 0 atom stereocenters. The number of carbonyl (C=O) groups is 1. The monoisotopic (exact) mass is 348 g/mol. The first-order valence-corrected chi connectivity index (χ1v) is 8.57. The smallest absolute Gasteiger partial charge is 0.278 e. The highest BCUT2D eigenvalue weighted by atomic mass is 16.2. The average Bonchev–Trinajstić information content (AvgIpc) is 3.07. The Morgan fingerprint density at radius 1 is 1.00 bits per heavy atom. The molecule has 134 valence electrons. The van der Waals surface area contributed by atoms with Crippen LogP contribution in [-0.4, -0.2) is 29.6 Å². The summed E-state index contributed by atoms with van der Waals surface area (Å²) in [6.45, 7) is 2.53. The van der Waals surface area contributed by atoms with Crippen LogP contribution in [-0.2, 0) is 13.6 Å². The van der Waals surface area contributed by atoms with Crippen molar-refractivity contribution in [3.05, 3.63) is 77.9 Å². The van der Waals surface area contributed by atoms with E-state index in [4.69, 9.17) is 0 Å². The van der Waals surface area contributed by atoms with Crippen LogP contribution in [0.15, 0.2) is 61.1 Å². The molecule has 0 fully saturated rings. The zero-order valence-electron chi connectivity index (χ0n) is 15.7. The first-order chi connectivity index (χ1) is 12.4. The molecule has 0 saturated heterocycles. The topological polar surface area (TPSA) is 41.4 Å². The molecule has 0 N–H and O–H groups in total. The SMILES string of the molecule is Cc1ccc(N(Cc2ccc(N(C)C)cc2)C(=O)c2cn(C)cn2)cc1. The van der Waals surface area contributed by atoms with Gasteiger partial charge in [0.2, 0.25) is 0 Å². The molecule has 0 spiro atoms. The summed E-state index contributed by atoms with van der Waals surface area (Å²) in [6.07, 6.45) is 3.39. The number of hydrogen-bond donors (Lipinski definition) is 0. The van der Waals surface area contributed by atoms with Gasteiger partial charge in [0, 0.05) is 38.7 Å². The third-order valence-corrected chi connectivity index (χ3v) is 4.31. The van der Waals surface area contributed by atoms with Crippen LogP contribution in [0.2, 0.25) is 0 Å². The summed E-state index contributed by atoms with van der Waals surface area (Å²) >= 11 is 0. The van der Waals surface area contributed by atoms with E-state index in [1.54, 1.807) is 22.0 Å². The van der Waals surface area contributed by atoms with Crippen LogP contribution in [0.3, 0.4) is 0 Å². The maximum atomic E-state index is 13.1. The first-order valence-electron chi connectivity index (χ1n) is 8.57. The van der Waals surface area contributed by atoms with Gasteiger partial charge in [-0.25, -0.2) is 4.98 Å². The predicted octanol–water partition coefficient (Wildman–Crippen LogP) is 3.64. The van der Waals surface area contributed by atoms with E-state index in [1.165, 1.54) is 0 Å². The van der Waals surface area contributed by atoms with Gasteiger partial charge in [0.05, 0.1) is 12.9 Å². The van der Waals surface area contributed by atoms with Crippen molar-refractivity contribution in [1.82, 2.24) is 9.55 Å². The Balaban J connectivity index is 1.92. The van der Waals surface area contributed by atoms with Crippen LogP contribution in [0, 0.1) is 6.92 Å². The first kappa shape index (κ1) is 17.7. The zero-order chi connectivity index (χ0) is 18.7. The standard InChI is InChI=1S/C21H24N4O/c1-16-5-9-19(10-6-16)25(21(26)20-14-24(4)15-22-20)13-17-7-11-18(12-8-17)23(2)3/h5-12,14-15H,13H2,1-4H3. The van der Waals surface area contributed by atoms with E-state index in [1.807, 2.05) is 52.3 Å². The number of imidazole rings is 1. The summed E-state index contributed by atoms with van der Waals surface area (Å²) in [6, 6.07) is 16.2. The Kier molecular flexibility index (Phi) is 5.07. The lowest BCUT2D eigenvalue weighted by molar-refractivity contribution is 0.0980. The van der Waals surface area contributed by atoms with Gasteiger partial charge in [-0.3, -0.25) is 4.79 Å². The second-order valence-electron chi connectivity index (χ2n) is 6.71. The molecular formula is C21H24N4O. The summed E-state index contributed by atoms with van der Waals surface area (Å²) in [5, 5.41) is 0. The Bertz CT molecular complexity index is 879. The van der Waals surface area contributed by atoms with Crippen molar-refractivity contribution in [3.63, 3.8) is 0 Å². The van der Waals surface area contributed by atoms with Crippen LogP contribution in [0.5, 0.6) is 0 Å². The Morgan fingerprint density at radius 2 is 1.62 bits per heavy atom. The van der Waals surface area contributed by atoms with Gasteiger partial charge in [-0.2, -0.15) is 0 Å². The molecule has 0 aliphatic carbocycles. The molecule has 5 heteroatoms. The summed E-state index contributed by atoms with van der Waals surface area (Å²) in [4.78, 5) is 21.1. The van der Waals surface area contributed by atoms with Crippen molar-refractivity contribution >= 4 is 17.3 Å². The van der Waals surface area contributed by atoms with Gasteiger partial charge < -0.3 is 14.4 Å². The molecule has 0 bridgehead atoms. The minimum Gasteiger partial charge on any atom is -0.378 e. The maximum Gasteiger partial charge on any atom is 0.278 e. The summed E-state index contributed by atoms with van der Waals surface area (Å²) in [5.41, 5.74) is 4.67. The van der Waals surface area contributed by atoms with Gasteiger partial charge in [0.1, 0.15) is 5.69 Å². The fourth-order valence-corrected chi connectivity index (χ4v) is 2.75. The number of aryl methyl sites for hydroxylation is 2. The van der Waals surface area contributed by atoms with Crippen molar-refractivity contribution in [3.8, 4) is 0 Å². The second-order valence-corrected chi connectivity index (χ2v) is 6.71. The highest BCUT2D eigenvalue weighted by Crippen LogP contribution is 2.22. The molecule has 0 aliphatic heterocycles. The molecule has 0 unspecified atom stereocenters. The number of carbonyl (C=O) groups excluding carboxylic acids is 1. The number of benzene rings is 2. The largest absolute Gasteiger partial charge is 0.378 e. The van der Waals surface area contributed by atoms with Crippen molar-refractivity contribution in [1.29, 1.82) is 0 Å². The lowest BCUT2D eigenvalue weighted by Gasteiger charge is -2.23. The molecular weight excluding hydrogens is 324 g/mol. The lowest BCUT2D eigenvalue weighted by Crippen LogP contribution is -2.30. The summed E-state index contributed by atoms with van der Waals surface area (Å²) in [5.74, 6) is -0.105. The van der Waals surface area contributed by atoms with Gasteiger partial charge in [0.25, 0.3) is 5.91 Å². The Labute approximate surface area is 154 Å². The molecule has 3 rings (SSSR count). The highest BCUT2D eigenvalue weighted by molar-refractivity contribution is 6.04. The van der Waals surface area contributed by atoms with Gasteiger partial charge in [-0.15, -0.1) is 0 Å². The van der Waals surface area contributed by atoms with Crippen LogP contribution >= 0.6 is 0 Å². The second kappa shape index (κ2) is 7.44. The zero-order valence-corrected chi connectivity index (χ0v) is 15.7. The molecule has 1 heterocycles. The Hall–Kier alpha value is -3.08. The van der Waals surface area contributed by atoms with E-state index < -0.39 is 0 Å². The molecule has 2 aromatic carbocycles. The van der Waals surface area contributed by atoms with Crippen LogP contribution < -0.4 is 9.80 Å². The van der Waals surface area contributed by atoms with Crippen molar-refractivity contribution in [2.75, 3.05) is 23.9 Å². The lowest BCUT2D eigenvalue weighted by atomic mass is 10.1. The van der Waals surface area contributed by atoms with E-state index in [0.29, 0.717) is 12.2 Å². The van der Waals surface area contributed by atoms with Gasteiger partial charge >= 0.3 is 0 Å². The van der Waals surface area contributed by atoms with Gasteiger partial charge in [-0.05, 0) is 36.8 Å². The van der Waals surface area contributed by atoms with Crippen molar-refractivity contribution < 1.29 is 4.79 Å². The number of rotatable bonds is 5. The molecule has 5 nitrogen and oxygen atoms in total. The third kappa shape index (κ3) is 3.94. The van der Waals surface area contributed by atoms with Crippen molar-refractivity contribution in [2.45, 2.75) is 13.5 Å². The highest BCUT2D eigenvalue weighted by Gasteiger charge is 2.20.